The van der Waals surface area contributed by atoms with Gasteiger partial charge >= 0.3 is 0 Å². The zero-order valence-electron chi connectivity index (χ0n) is 10.7. The monoisotopic (exact) mass is 238 g/mol. The van der Waals surface area contributed by atoms with Crippen molar-refractivity contribution in [3.8, 4) is 11.1 Å². The minimum Gasteiger partial charge on any atom is -0.310 e. The van der Waals surface area contributed by atoms with Gasteiger partial charge in [-0.15, -0.1) is 0 Å². The second-order valence-electron chi connectivity index (χ2n) is 5.10. The summed E-state index contributed by atoms with van der Waals surface area (Å²) in [7, 11) is 0. The molecule has 0 aliphatic heterocycles. The fraction of sp³-hybridized carbons (Fsp3) is 0.312. The van der Waals surface area contributed by atoms with Gasteiger partial charge in [-0.1, -0.05) is 24.3 Å². The molecular weight excluding hydrogens is 220 g/mol. The van der Waals surface area contributed by atoms with Gasteiger partial charge in [0.25, 0.3) is 0 Å². The fourth-order valence-electron chi connectivity index (χ4n) is 2.08. The average Bonchev–Trinajstić information content (AvgIpc) is 3.21. The van der Waals surface area contributed by atoms with Gasteiger partial charge < -0.3 is 5.32 Å². The average molecular weight is 238 g/mol. The summed E-state index contributed by atoms with van der Waals surface area (Å²) in [6.45, 7) is 3.06. The summed E-state index contributed by atoms with van der Waals surface area (Å²) >= 11 is 0. The van der Waals surface area contributed by atoms with Crippen LogP contribution in [0.3, 0.4) is 0 Å². The lowest BCUT2D eigenvalue weighted by atomic mass is 10.0. The highest BCUT2D eigenvalue weighted by Crippen LogP contribution is 2.21. The van der Waals surface area contributed by atoms with Gasteiger partial charge in [0.15, 0.2) is 0 Å². The van der Waals surface area contributed by atoms with Crippen LogP contribution in [0.2, 0.25) is 0 Å². The van der Waals surface area contributed by atoms with E-state index in [1.807, 2.05) is 12.4 Å². The summed E-state index contributed by atoms with van der Waals surface area (Å²) in [5.41, 5.74) is 4.98. The van der Waals surface area contributed by atoms with Gasteiger partial charge in [0, 0.05) is 30.5 Å². The number of aryl methyl sites for hydroxylation is 1. The number of hydrogen-bond acceptors (Lipinski definition) is 2. The minimum atomic E-state index is 0.769. The molecule has 1 saturated carbocycles. The van der Waals surface area contributed by atoms with Crippen molar-refractivity contribution in [3.05, 3.63) is 53.9 Å². The number of hydrogen-bond donors (Lipinski definition) is 1. The molecule has 0 atom stereocenters. The van der Waals surface area contributed by atoms with Crippen LogP contribution in [-0.2, 0) is 6.54 Å². The highest BCUT2D eigenvalue weighted by molar-refractivity contribution is 5.63. The van der Waals surface area contributed by atoms with Crippen molar-refractivity contribution in [3.63, 3.8) is 0 Å². The Morgan fingerprint density at radius 3 is 2.56 bits per heavy atom. The first-order valence-corrected chi connectivity index (χ1v) is 6.55. The lowest BCUT2D eigenvalue weighted by molar-refractivity contribution is 0.688. The van der Waals surface area contributed by atoms with E-state index in [1.165, 1.54) is 35.1 Å². The number of rotatable bonds is 4. The molecule has 1 aliphatic carbocycles. The van der Waals surface area contributed by atoms with Gasteiger partial charge in [-0.25, -0.2) is 0 Å². The van der Waals surface area contributed by atoms with Crippen LogP contribution in [0.25, 0.3) is 11.1 Å². The van der Waals surface area contributed by atoms with E-state index in [1.54, 1.807) is 0 Å². The Balaban J connectivity index is 1.73. The molecule has 0 bridgehead atoms. The first kappa shape index (κ1) is 11.4. The zero-order chi connectivity index (χ0) is 12.4. The van der Waals surface area contributed by atoms with Crippen LogP contribution in [-0.4, -0.2) is 11.0 Å². The summed E-state index contributed by atoms with van der Waals surface area (Å²) in [6.07, 6.45) is 6.49. The standard InChI is InChI=1S/C16H18N2/c1-12-8-15(11-17-9-12)14-4-2-13(3-5-14)10-18-16-6-7-16/h2-5,8-9,11,16,18H,6-7,10H2,1H3. The minimum absolute atomic E-state index is 0.769. The third kappa shape index (κ3) is 2.77. The van der Waals surface area contributed by atoms with Crippen LogP contribution in [0.15, 0.2) is 42.7 Å². The van der Waals surface area contributed by atoms with E-state index < -0.39 is 0 Å². The number of benzene rings is 1. The molecule has 1 fully saturated rings. The lowest BCUT2D eigenvalue weighted by Crippen LogP contribution is -2.14. The molecule has 2 aromatic rings. The molecular formula is C16H18N2. The third-order valence-electron chi connectivity index (χ3n) is 3.33. The van der Waals surface area contributed by atoms with E-state index in [0.29, 0.717) is 0 Å². The van der Waals surface area contributed by atoms with E-state index in [0.717, 1.165) is 12.6 Å². The molecule has 0 spiro atoms. The van der Waals surface area contributed by atoms with E-state index in [2.05, 4.69) is 47.6 Å². The van der Waals surface area contributed by atoms with Crippen molar-refractivity contribution in [2.45, 2.75) is 32.4 Å². The van der Waals surface area contributed by atoms with E-state index in [4.69, 9.17) is 0 Å². The number of aromatic nitrogens is 1. The fourth-order valence-corrected chi connectivity index (χ4v) is 2.08. The van der Waals surface area contributed by atoms with Gasteiger partial charge in [-0.3, -0.25) is 4.98 Å². The maximum absolute atomic E-state index is 4.24. The SMILES string of the molecule is Cc1cncc(-c2ccc(CNC3CC3)cc2)c1. The molecule has 1 aromatic carbocycles. The third-order valence-corrected chi connectivity index (χ3v) is 3.33. The Kier molecular flexibility index (Phi) is 3.11. The van der Waals surface area contributed by atoms with Crippen LogP contribution in [0.1, 0.15) is 24.0 Å². The molecule has 18 heavy (non-hydrogen) atoms. The second-order valence-corrected chi connectivity index (χ2v) is 5.10. The lowest BCUT2D eigenvalue weighted by Gasteiger charge is -2.06. The highest BCUT2D eigenvalue weighted by Gasteiger charge is 2.19. The summed E-state index contributed by atoms with van der Waals surface area (Å²) in [6, 6.07) is 11.7. The van der Waals surface area contributed by atoms with Crippen LogP contribution in [0, 0.1) is 6.92 Å². The maximum atomic E-state index is 4.24. The van der Waals surface area contributed by atoms with Crippen LogP contribution in [0.4, 0.5) is 0 Å². The largest absolute Gasteiger partial charge is 0.310 e. The topological polar surface area (TPSA) is 24.9 Å². The Hall–Kier alpha value is -1.67. The van der Waals surface area contributed by atoms with Crippen LogP contribution >= 0.6 is 0 Å². The van der Waals surface area contributed by atoms with Crippen molar-refractivity contribution in [1.82, 2.24) is 10.3 Å². The predicted molar refractivity (Wildman–Crippen MR) is 74.3 cm³/mol. The second kappa shape index (κ2) is 4.91. The molecule has 3 rings (SSSR count). The molecule has 0 unspecified atom stereocenters. The smallest absolute Gasteiger partial charge is 0.0346 e. The highest BCUT2D eigenvalue weighted by atomic mass is 14.9. The quantitative estimate of drug-likeness (QED) is 0.884. The molecule has 1 N–H and O–H groups in total. The van der Waals surface area contributed by atoms with Gasteiger partial charge in [0.1, 0.15) is 0 Å². The number of pyridine rings is 1. The molecule has 0 amide bonds. The van der Waals surface area contributed by atoms with Crippen molar-refractivity contribution >= 4 is 0 Å². The molecule has 1 aliphatic rings. The van der Waals surface area contributed by atoms with Gasteiger partial charge in [0.2, 0.25) is 0 Å². The van der Waals surface area contributed by atoms with Gasteiger partial charge in [-0.05, 0) is 42.5 Å². The Labute approximate surface area is 108 Å². The summed E-state index contributed by atoms with van der Waals surface area (Å²) < 4.78 is 0. The molecule has 2 nitrogen and oxygen atoms in total. The molecule has 0 radical (unpaired) electrons. The van der Waals surface area contributed by atoms with Crippen LogP contribution < -0.4 is 5.32 Å². The molecule has 1 heterocycles. The number of nitrogens with zero attached hydrogens (tertiary/aromatic N) is 1. The Morgan fingerprint density at radius 2 is 1.89 bits per heavy atom. The Bertz CT molecular complexity index is 527. The normalized spacial score (nSPS) is 14.7. The van der Waals surface area contributed by atoms with Crippen molar-refractivity contribution in [2.75, 3.05) is 0 Å². The van der Waals surface area contributed by atoms with E-state index in [-0.39, 0.29) is 0 Å². The summed E-state index contributed by atoms with van der Waals surface area (Å²) in [5.74, 6) is 0. The predicted octanol–water partition coefficient (Wildman–Crippen LogP) is 3.31. The molecule has 2 heteroatoms. The first-order valence-electron chi connectivity index (χ1n) is 6.55. The van der Waals surface area contributed by atoms with E-state index >= 15 is 0 Å². The summed E-state index contributed by atoms with van der Waals surface area (Å²) in [4.78, 5) is 4.24. The molecule has 1 aromatic heterocycles. The van der Waals surface area contributed by atoms with Crippen LogP contribution in [0.5, 0.6) is 0 Å². The van der Waals surface area contributed by atoms with Gasteiger partial charge in [0.05, 0.1) is 0 Å². The maximum Gasteiger partial charge on any atom is 0.0346 e. The Morgan fingerprint density at radius 1 is 1.11 bits per heavy atom. The van der Waals surface area contributed by atoms with Crippen molar-refractivity contribution in [2.24, 2.45) is 0 Å². The van der Waals surface area contributed by atoms with Gasteiger partial charge in [-0.2, -0.15) is 0 Å². The first-order chi connectivity index (χ1) is 8.81. The summed E-state index contributed by atoms with van der Waals surface area (Å²) in [5, 5.41) is 3.53. The van der Waals surface area contributed by atoms with Crippen molar-refractivity contribution in [1.29, 1.82) is 0 Å². The molecule has 92 valence electrons. The van der Waals surface area contributed by atoms with Crippen molar-refractivity contribution < 1.29 is 0 Å². The number of nitrogens with one attached hydrogen (secondary N) is 1. The zero-order valence-corrected chi connectivity index (χ0v) is 10.7. The van der Waals surface area contributed by atoms with E-state index in [9.17, 15) is 0 Å². The molecule has 0 saturated heterocycles.